The van der Waals surface area contributed by atoms with Crippen LogP contribution in [0.3, 0.4) is 0 Å². The molecular weight excluding hydrogens is 280 g/mol. The molecule has 2 rings (SSSR count). The first-order valence-electron chi connectivity index (χ1n) is 7.02. The first kappa shape index (κ1) is 15.6. The third-order valence-corrected chi connectivity index (χ3v) is 3.73. The number of aromatic amines is 1. The zero-order valence-electron chi connectivity index (χ0n) is 11.9. The van der Waals surface area contributed by atoms with E-state index < -0.39 is 6.43 Å². The summed E-state index contributed by atoms with van der Waals surface area (Å²) in [5, 5.41) is 0. The first-order chi connectivity index (χ1) is 10.0. The molecule has 1 saturated heterocycles. The SMILES string of the molecule is CCC1CN(C(=O)c2cccc(=O)[nH]2)CCN1CC(F)F. The molecule has 21 heavy (non-hydrogen) atoms. The highest BCUT2D eigenvalue weighted by Crippen LogP contribution is 2.16. The zero-order chi connectivity index (χ0) is 15.4. The lowest BCUT2D eigenvalue weighted by Gasteiger charge is -2.40. The van der Waals surface area contributed by atoms with Gasteiger partial charge in [0.05, 0.1) is 6.54 Å². The Morgan fingerprint density at radius 2 is 2.19 bits per heavy atom. The van der Waals surface area contributed by atoms with Crippen LogP contribution < -0.4 is 5.56 Å². The van der Waals surface area contributed by atoms with Crippen LogP contribution in [0.5, 0.6) is 0 Å². The summed E-state index contributed by atoms with van der Waals surface area (Å²) in [5.41, 5.74) is -0.0936. The number of amides is 1. The van der Waals surface area contributed by atoms with Crippen molar-refractivity contribution in [3.63, 3.8) is 0 Å². The molecule has 7 heteroatoms. The second-order valence-corrected chi connectivity index (χ2v) is 5.13. The molecular formula is C14H19F2N3O2. The Hall–Kier alpha value is -1.76. The topological polar surface area (TPSA) is 56.4 Å². The van der Waals surface area contributed by atoms with Gasteiger partial charge >= 0.3 is 0 Å². The Morgan fingerprint density at radius 3 is 2.81 bits per heavy atom. The van der Waals surface area contributed by atoms with Crippen molar-refractivity contribution in [1.29, 1.82) is 0 Å². The van der Waals surface area contributed by atoms with E-state index in [0.29, 0.717) is 26.1 Å². The average Bonchev–Trinajstić information content (AvgIpc) is 2.46. The van der Waals surface area contributed by atoms with Crippen LogP contribution in [0.4, 0.5) is 8.78 Å². The van der Waals surface area contributed by atoms with Gasteiger partial charge in [-0.15, -0.1) is 0 Å². The number of alkyl halides is 2. The van der Waals surface area contributed by atoms with Crippen LogP contribution in [-0.4, -0.2) is 59.3 Å². The highest BCUT2D eigenvalue weighted by molar-refractivity contribution is 5.92. The number of nitrogens with zero attached hydrogens (tertiary/aromatic N) is 2. The fourth-order valence-electron chi connectivity index (χ4n) is 2.63. The summed E-state index contributed by atoms with van der Waals surface area (Å²) < 4.78 is 25.1. The number of hydrogen-bond acceptors (Lipinski definition) is 3. The van der Waals surface area contributed by atoms with Crippen LogP contribution in [0.15, 0.2) is 23.0 Å². The smallest absolute Gasteiger partial charge is 0.270 e. The number of aromatic nitrogens is 1. The van der Waals surface area contributed by atoms with Crippen molar-refractivity contribution in [3.05, 3.63) is 34.2 Å². The van der Waals surface area contributed by atoms with Gasteiger partial charge in [0.15, 0.2) is 0 Å². The van der Waals surface area contributed by atoms with E-state index >= 15 is 0 Å². The van der Waals surface area contributed by atoms with Gasteiger partial charge in [-0.1, -0.05) is 13.0 Å². The largest absolute Gasteiger partial charge is 0.335 e. The predicted octanol–water partition coefficient (Wildman–Crippen LogP) is 1.18. The molecule has 0 aromatic carbocycles. The number of halogens is 2. The molecule has 1 aromatic heterocycles. The standard InChI is InChI=1S/C14H19F2N3O2/c1-2-10-8-19(7-6-18(10)9-12(15)16)14(21)11-4-3-5-13(20)17-11/h3-5,10,12H,2,6-9H2,1H3,(H,17,20). The Morgan fingerprint density at radius 1 is 1.43 bits per heavy atom. The lowest BCUT2D eigenvalue weighted by molar-refractivity contribution is 0.0184. The summed E-state index contributed by atoms with van der Waals surface area (Å²) >= 11 is 0. The molecule has 1 amide bonds. The molecule has 0 radical (unpaired) electrons. The summed E-state index contributed by atoms with van der Waals surface area (Å²) in [4.78, 5) is 29.4. The van der Waals surface area contributed by atoms with E-state index in [4.69, 9.17) is 0 Å². The van der Waals surface area contributed by atoms with E-state index in [2.05, 4.69) is 4.98 Å². The van der Waals surface area contributed by atoms with E-state index in [9.17, 15) is 18.4 Å². The Balaban J connectivity index is 2.06. The van der Waals surface area contributed by atoms with Crippen molar-refractivity contribution >= 4 is 5.91 Å². The number of hydrogen-bond donors (Lipinski definition) is 1. The minimum atomic E-state index is -2.37. The van der Waals surface area contributed by atoms with Crippen LogP contribution in [0, 0.1) is 0 Å². The van der Waals surface area contributed by atoms with Crippen molar-refractivity contribution in [1.82, 2.24) is 14.8 Å². The normalized spacial score (nSPS) is 20.0. The maximum atomic E-state index is 12.5. The number of pyridine rings is 1. The zero-order valence-corrected chi connectivity index (χ0v) is 11.9. The molecule has 0 saturated carbocycles. The molecule has 1 aliphatic heterocycles. The molecule has 1 atom stereocenters. The average molecular weight is 299 g/mol. The first-order valence-corrected chi connectivity index (χ1v) is 7.02. The lowest BCUT2D eigenvalue weighted by Crippen LogP contribution is -2.55. The minimum absolute atomic E-state index is 0.0767. The van der Waals surface area contributed by atoms with Gasteiger partial charge in [0.2, 0.25) is 5.56 Å². The van der Waals surface area contributed by atoms with Crippen molar-refractivity contribution in [2.75, 3.05) is 26.2 Å². The van der Waals surface area contributed by atoms with Gasteiger partial charge in [0.25, 0.3) is 12.3 Å². The summed E-state index contributed by atoms with van der Waals surface area (Å²) in [7, 11) is 0. The van der Waals surface area contributed by atoms with E-state index in [1.807, 2.05) is 6.92 Å². The molecule has 1 N–H and O–H groups in total. The molecule has 0 aliphatic carbocycles. The Labute approximate surface area is 121 Å². The Bertz CT molecular complexity index is 547. The number of piperazine rings is 1. The predicted molar refractivity (Wildman–Crippen MR) is 74.6 cm³/mol. The third kappa shape index (κ3) is 3.87. The molecule has 0 bridgehead atoms. The van der Waals surface area contributed by atoms with E-state index in [1.54, 1.807) is 15.9 Å². The van der Waals surface area contributed by atoms with Gasteiger partial charge in [-0.3, -0.25) is 14.5 Å². The second kappa shape index (κ2) is 6.80. The Kier molecular flexibility index (Phi) is 5.06. The van der Waals surface area contributed by atoms with Crippen molar-refractivity contribution in [2.45, 2.75) is 25.8 Å². The van der Waals surface area contributed by atoms with Crippen LogP contribution in [0.1, 0.15) is 23.8 Å². The molecule has 1 aliphatic rings. The fourth-order valence-corrected chi connectivity index (χ4v) is 2.63. The van der Waals surface area contributed by atoms with Gasteiger partial charge in [0.1, 0.15) is 5.69 Å². The summed E-state index contributed by atoms with van der Waals surface area (Å²) in [6.07, 6.45) is -1.67. The summed E-state index contributed by atoms with van der Waals surface area (Å²) in [6.45, 7) is 2.87. The van der Waals surface area contributed by atoms with E-state index in [1.165, 1.54) is 12.1 Å². The summed E-state index contributed by atoms with van der Waals surface area (Å²) in [5.74, 6) is -0.261. The fraction of sp³-hybridized carbons (Fsp3) is 0.571. The number of nitrogens with one attached hydrogen (secondary N) is 1. The van der Waals surface area contributed by atoms with Gasteiger partial charge < -0.3 is 9.88 Å². The molecule has 0 spiro atoms. The molecule has 1 unspecified atom stereocenters. The molecule has 1 aromatic rings. The van der Waals surface area contributed by atoms with Crippen LogP contribution >= 0.6 is 0 Å². The summed E-state index contributed by atoms with van der Waals surface area (Å²) in [6, 6.07) is 4.34. The molecule has 5 nitrogen and oxygen atoms in total. The lowest BCUT2D eigenvalue weighted by atomic mass is 10.1. The second-order valence-electron chi connectivity index (χ2n) is 5.13. The number of carbonyl (C=O) groups is 1. The van der Waals surface area contributed by atoms with Gasteiger partial charge in [-0.25, -0.2) is 8.78 Å². The molecule has 2 heterocycles. The molecule has 1 fully saturated rings. The molecule has 116 valence electrons. The van der Waals surface area contributed by atoms with Crippen molar-refractivity contribution < 1.29 is 13.6 Å². The minimum Gasteiger partial charge on any atom is -0.335 e. The maximum absolute atomic E-state index is 12.5. The van der Waals surface area contributed by atoms with Crippen molar-refractivity contribution in [2.24, 2.45) is 0 Å². The van der Waals surface area contributed by atoms with Gasteiger partial charge in [-0.2, -0.15) is 0 Å². The maximum Gasteiger partial charge on any atom is 0.270 e. The van der Waals surface area contributed by atoms with Gasteiger partial charge in [-0.05, 0) is 12.5 Å². The monoisotopic (exact) mass is 299 g/mol. The number of carbonyl (C=O) groups excluding carboxylic acids is 1. The van der Waals surface area contributed by atoms with Crippen molar-refractivity contribution in [3.8, 4) is 0 Å². The van der Waals surface area contributed by atoms with Gasteiger partial charge in [0, 0.05) is 31.7 Å². The van der Waals surface area contributed by atoms with Crippen LogP contribution in [-0.2, 0) is 0 Å². The highest BCUT2D eigenvalue weighted by Gasteiger charge is 2.30. The number of H-pyrrole nitrogens is 1. The van der Waals surface area contributed by atoms with Crippen LogP contribution in [0.25, 0.3) is 0 Å². The quantitative estimate of drug-likeness (QED) is 0.908. The van der Waals surface area contributed by atoms with Crippen LogP contribution in [0.2, 0.25) is 0 Å². The highest BCUT2D eigenvalue weighted by atomic mass is 19.3. The third-order valence-electron chi connectivity index (χ3n) is 3.73. The van der Waals surface area contributed by atoms with E-state index in [0.717, 1.165) is 0 Å². The number of rotatable bonds is 4. The van der Waals surface area contributed by atoms with E-state index in [-0.39, 0.29) is 29.7 Å².